The molecule has 0 aliphatic carbocycles. The van der Waals surface area contributed by atoms with Gasteiger partial charge in [-0.05, 0) is 6.92 Å². The molecular weight excluding hydrogens is 220 g/mol. The first-order valence-corrected chi connectivity index (χ1v) is 4.96. The number of carbonyl (C=O) groups excluding carboxylic acids is 1. The lowest BCUT2D eigenvalue weighted by Crippen LogP contribution is -2.53. The number of nitrogens with one attached hydrogen (secondary N) is 2. The van der Waals surface area contributed by atoms with Crippen molar-refractivity contribution in [3.63, 3.8) is 0 Å². The van der Waals surface area contributed by atoms with Gasteiger partial charge in [0.2, 0.25) is 5.91 Å². The van der Waals surface area contributed by atoms with Gasteiger partial charge in [-0.1, -0.05) is 0 Å². The summed E-state index contributed by atoms with van der Waals surface area (Å²) in [5.41, 5.74) is 0. The molecule has 0 aromatic carbocycles. The number of halogens is 1. The largest absolute Gasteiger partial charge is 0.350 e. The summed E-state index contributed by atoms with van der Waals surface area (Å²) in [6, 6.07) is 0. The van der Waals surface area contributed by atoms with Crippen molar-refractivity contribution in [3.05, 3.63) is 0 Å². The van der Waals surface area contributed by atoms with E-state index in [1.165, 1.54) is 0 Å². The predicted octanol–water partition coefficient (Wildman–Crippen LogP) is -0.493. The summed E-state index contributed by atoms with van der Waals surface area (Å²) in [4.78, 5) is 11.5. The fourth-order valence-corrected chi connectivity index (χ4v) is 1.52. The molecule has 1 amide bonds. The molecule has 0 radical (unpaired) electrons. The summed E-state index contributed by atoms with van der Waals surface area (Å²) in [6.45, 7) is 5.06. The van der Waals surface area contributed by atoms with Crippen molar-refractivity contribution in [2.45, 2.75) is 12.7 Å². The number of carbonyl (C=O) groups is 1. The molecule has 2 heterocycles. The summed E-state index contributed by atoms with van der Waals surface area (Å²) in [7, 11) is 0. The Morgan fingerprint density at radius 3 is 2.53 bits per heavy atom. The van der Waals surface area contributed by atoms with Crippen LogP contribution in [0.3, 0.4) is 0 Å². The second-order valence-corrected chi connectivity index (χ2v) is 3.90. The minimum absolute atomic E-state index is 0. The lowest BCUT2D eigenvalue weighted by atomic mass is 10.0. The van der Waals surface area contributed by atoms with E-state index >= 15 is 0 Å². The van der Waals surface area contributed by atoms with E-state index in [0.717, 1.165) is 13.1 Å². The average molecular weight is 237 g/mol. The molecule has 2 fully saturated rings. The second kappa shape index (κ2) is 5.12. The van der Waals surface area contributed by atoms with Gasteiger partial charge in [-0.15, -0.1) is 12.4 Å². The predicted molar refractivity (Wildman–Crippen MR) is 56.9 cm³/mol. The Morgan fingerprint density at radius 1 is 1.47 bits per heavy atom. The first-order valence-electron chi connectivity index (χ1n) is 4.96. The van der Waals surface area contributed by atoms with Crippen molar-refractivity contribution in [3.8, 4) is 0 Å². The fourth-order valence-electron chi connectivity index (χ4n) is 1.52. The van der Waals surface area contributed by atoms with Crippen LogP contribution in [0.5, 0.6) is 0 Å². The molecular formula is C9H17ClN2O3. The molecule has 15 heavy (non-hydrogen) atoms. The van der Waals surface area contributed by atoms with E-state index in [4.69, 9.17) is 9.47 Å². The summed E-state index contributed by atoms with van der Waals surface area (Å²) >= 11 is 0. The monoisotopic (exact) mass is 236 g/mol. The van der Waals surface area contributed by atoms with Gasteiger partial charge in [0.15, 0.2) is 5.79 Å². The van der Waals surface area contributed by atoms with Gasteiger partial charge in [0.25, 0.3) is 0 Å². The van der Waals surface area contributed by atoms with Crippen molar-refractivity contribution in [1.82, 2.24) is 10.6 Å². The van der Waals surface area contributed by atoms with E-state index in [-0.39, 0.29) is 24.2 Å². The van der Waals surface area contributed by atoms with Gasteiger partial charge in [-0.3, -0.25) is 4.79 Å². The fraction of sp³-hybridized carbons (Fsp3) is 0.889. The van der Waals surface area contributed by atoms with E-state index in [0.29, 0.717) is 19.8 Å². The summed E-state index contributed by atoms with van der Waals surface area (Å²) in [5, 5.41) is 5.89. The van der Waals surface area contributed by atoms with E-state index in [9.17, 15) is 4.79 Å². The normalized spacial score (nSPS) is 24.1. The highest BCUT2D eigenvalue weighted by molar-refractivity contribution is 5.85. The van der Waals surface area contributed by atoms with Crippen LogP contribution in [0.1, 0.15) is 6.92 Å². The molecule has 0 bridgehead atoms. The molecule has 0 aromatic heterocycles. The van der Waals surface area contributed by atoms with E-state index in [1.807, 2.05) is 6.92 Å². The van der Waals surface area contributed by atoms with Crippen molar-refractivity contribution in [1.29, 1.82) is 0 Å². The van der Waals surface area contributed by atoms with Crippen LogP contribution < -0.4 is 10.6 Å². The first kappa shape index (κ1) is 12.7. The Balaban J connectivity index is 0.00000112. The molecule has 0 aromatic rings. The third-order valence-corrected chi connectivity index (χ3v) is 2.63. The smallest absolute Gasteiger partial charge is 0.225 e. The topological polar surface area (TPSA) is 59.6 Å². The third-order valence-electron chi connectivity index (χ3n) is 2.63. The SMILES string of the molecule is CC1(CNC(=O)C2CNC2)OCCO1.Cl. The molecule has 0 saturated carbocycles. The maximum Gasteiger partial charge on any atom is 0.225 e. The maximum absolute atomic E-state index is 11.5. The van der Waals surface area contributed by atoms with Crippen LogP contribution in [0.15, 0.2) is 0 Å². The summed E-state index contributed by atoms with van der Waals surface area (Å²) in [5.74, 6) is -0.406. The number of ether oxygens (including phenoxy) is 2. The Bertz CT molecular complexity index is 227. The van der Waals surface area contributed by atoms with Crippen molar-refractivity contribution in [2.24, 2.45) is 5.92 Å². The molecule has 2 aliphatic rings. The van der Waals surface area contributed by atoms with Crippen LogP contribution >= 0.6 is 12.4 Å². The molecule has 6 heteroatoms. The Kier molecular flexibility index (Phi) is 4.33. The van der Waals surface area contributed by atoms with Crippen LogP contribution in [0.25, 0.3) is 0 Å². The van der Waals surface area contributed by atoms with Gasteiger partial charge < -0.3 is 20.1 Å². The molecule has 0 atom stereocenters. The van der Waals surface area contributed by atoms with Crippen molar-refractivity contribution in [2.75, 3.05) is 32.8 Å². The van der Waals surface area contributed by atoms with Gasteiger partial charge in [-0.25, -0.2) is 0 Å². The Morgan fingerprint density at radius 2 is 2.07 bits per heavy atom. The van der Waals surface area contributed by atoms with E-state index < -0.39 is 5.79 Å². The number of rotatable bonds is 3. The number of amides is 1. The first-order chi connectivity index (χ1) is 6.70. The summed E-state index contributed by atoms with van der Waals surface area (Å²) in [6.07, 6.45) is 0. The third kappa shape index (κ3) is 3.04. The van der Waals surface area contributed by atoms with Crippen LogP contribution in [0.2, 0.25) is 0 Å². The Hall–Kier alpha value is -0.360. The molecule has 5 nitrogen and oxygen atoms in total. The van der Waals surface area contributed by atoms with Gasteiger partial charge in [0.05, 0.1) is 25.7 Å². The van der Waals surface area contributed by atoms with Crippen LogP contribution in [-0.4, -0.2) is 44.5 Å². The van der Waals surface area contributed by atoms with Crippen molar-refractivity contribution >= 4 is 18.3 Å². The second-order valence-electron chi connectivity index (χ2n) is 3.90. The molecule has 2 rings (SSSR count). The number of hydrogen-bond acceptors (Lipinski definition) is 4. The Labute approximate surface area is 95.3 Å². The quantitative estimate of drug-likeness (QED) is 0.694. The molecule has 2 saturated heterocycles. The lowest BCUT2D eigenvalue weighted by molar-refractivity contribution is -0.147. The minimum Gasteiger partial charge on any atom is -0.350 e. The van der Waals surface area contributed by atoms with Crippen LogP contribution in [0.4, 0.5) is 0 Å². The standard InChI is InChI=1S/C9H16N2O3.ClH/c1-9(13-2-3-14-9)6-11-8(12)7-4-10-5-7;/h7,10H,2-6H2,1H3,(H,11,12);1H. The van der Waals surface area contributed by atoms with Gasteiger partial charge >= 0.3 is 0 Å². The van der Waals surface area contributed by atoms with E-state index in [2.05, 4.69) is 10.6 Å². The average Bonchev–Trinajstić information content (AvgIpc) is 2.47. The lowest BCUT2D eigenvalue weighted by Gasteiger charge is -2.28. The molecule has 2 N–H and O–H groups in total. The van der Waals surface area contributed by atoms with Gasteiger partial charge in [0, 0.05) is 13.1 Å². The van der Waals surface area contributed by atoms with Crippen molar-refractivity contribution < 1.29 is 14.3 Å². The molecule has 88 valence electrons. The zero-order chi connectivity index (χ0) is 10.0. The summed E-state index contributed by atoms with van der Waals surface area (Å²) < 4.78 is 10.7. The highest BCUT2D eigenvalue weighted by Gasteiger charge is 2.33. The van der Waals surface area contributed by atoms with Gasteiger partial charge in [0.1, 0.15) is 0 Å². The zero-order valence-corrected chi connectivity index (χ0v) is 9.56. The minimum atomic E-state index is -0.618. The molecule has 0 spiro atoms. The van der Waals surface area contributed by atoms with E-state index in [1.54, 1.807) is 0 Å². The van der Waals surface area contributed by atoms with Crippen LogP contribution in [-0.2, 0) is 14.3 Å². The molecule has 0 unspecified atom stereocenters. The van der Waals surface area contributed by atoms with Crippen LogP contribution in [0, 0.1) is 5.92 Å². The zero-order valence-electron chi connectivity index (χ0n) is 8.75. The maximum atomic E-state index is 11.5. The molecule has 2 aliphatic heterocycles. The van der Waals surface area contributed by atoms with Gasteiger partial charge in [-0.2, -0.15) is 0 Å². The number of hydrogen-bond donors (Lipinski definition) is 2. The highest BCUT2D eigenvalue weighted by Crippen LogP contribution is 2.17. The highest BCUT2D eigenvalue weighted by atomic mass is 35.5.